The van der Waals surface area contributed by atoms with Crippen molar-refractivity contribution >= 4 is 53.2 Å². The van der Waals surface area contributed by atoms with Crippen LogP contribution < -0.4 is 50.4 Å². The number of aromatic nitrogens is 20. The molecule has 8 aromatic heterocycles. The van der Waals surface area contributed by atoms with Gasteiger partial charge in [-0.1, -0.05) is 210 Å². The lowest BCUT2D eigenvalue weighted by Gasteiger charge is -2.36. The van der Waals surface area contributed by atoms with Crippen molar-refractivity contribution in [3.05, 3.63) is 285 Å². The summed E-state index contributed by atoms with van der Waals surface area (Å²) in [6.07, 6.45) is 0. The smallest absolute Gasteiger partial charge is 0.335 e. The number of thiazole rings is 4. The predicted molar refractivity (Wildman–Crippen MR) is 381 cm³/mol. The lowest BCUT2D eigenvalue weighted by atomic mass is 10.2. The van der Waals surface area contributed by atoms with Gasteiger partial charge in [-0.25, -0.2) is 19.9 Å². The van der Waals surface area contributed by atoms with Crippen LogP contribution in [0, 0.1) is 55.4 Å². The van der Waals surface area contributed by atoms with Gasteiger partial charge in [0.2, 0.25) is 0 Å². The highest BCUT2D eigenvalue weighted by Crippen LogP contribution is 2.26. The first-order chi connectivity index (χ1) is 48.9. The Morgan fingerprint density at radius 2 is 0.441 bits per heavy atom. The van der Waals surface area contributed by atoms with Gasteiger partial charge in [-0.2, -0.15) is 7.82 Å². The van der Waals surface area contributed by atoms with Crippen LogP contribution in [0.2, 0.25) is 0 Å². The molecule has 0 fully saturated rings. The monoisotopic (exact) mass is 1510 g/mol. The van der Waals surface area contributed by atoms with Crippen LogP contribution in [-0.4, -0.2) is 80.4 Å². The molecule has 0 N–H and O–H groups in total. The van der Waals surface area contributed by atoms with Gasteiger partial charge in [-0.15, -0.1) is 0 Å². The van der Waals surface area contributed by atoms with E-state index in [1.165, 1.54) is 19.5 Å². The van der Waals surface area contributed by atoms with E-state index in [4.69, 9.17) is 39.6 Å². The van der Waals surface area contributed by atoms with Crippen molar-refractivity contribution < 1.29 is 55.0 Å². The first kappa shape index (κ1) is 72.4. The summed E-state index contributed by atoms with van der Waals surface area (Å²) in [5.74, 6) is 3.14. The van der Waals surface area contributed by atoms with Crippen LogP contribution in [0.1, 0.15) is 42.3 Å². The minimum absolute atomic E-state index is 0. The second kappa shape index (κ2) is 33.1. The molecule has 8 heterocycles. The number of rotatable bonds is 12. The van der Waals surface area contributed by atoms with E-state index >= 15 is 0 Å². The highest BCUT2D eigenvalue weighted by Gasteiger charge is 2.30. The third-order valence-electron chi connectivity index (χ3n) is 15.1. The third kappa shape index (κ3) is 17.8. The van der Waals surface area contributed by atoms with Crippen molar-refractivity contribution in [3.63, 3.8) is 0 Å². The topological polar surface area (TPSA) is 276 Å². The molecule has 0 saturated heterocycles. The molecule has 0 atom stereocenters. The van der Waals surface area contributed by atoms with Crippen LogP contribution in [0.3, 0.4) is 0 Å². The van der Waals surface area contributed by atoms with Gasteiger partial charge in [-0.05, 0) is 152 Å². The number of phosphoric acid groups is 1. The lowest BCUT2D eigenvalue weighted by molar-refractivity contribution is -0.651. The lowest BCUT2D eigenvalue weighted by Crippen LogP contribution is -3.00. The van der Waals surface area contributed by atoms with Crippen LogP contribution >= 0.6 is 53.2 Å². The SMILES string of the molecule is Cc1nc(-n2nc(-c3ccccc3)[n+](-c3ccccc3)n2)sc1C.Cc1nc(-n2nc(-c3ccccc3)[n+](-c3ccccc3)n2)sc1C.Cc1nc(-n2nc(-c3ccccc3)[n+](-c3ccccc3)n2)sc1C.Cc1nc(-n2nc(-c3ccccc3)[n+](-c3ccccc3)n2)sc1C.O=P([O-])([O-])[O-].[Br-]. The molecule has 0 unspecified atom stereocenters. The van der Waals surface area contributed by atoms with Gasteiger partial charge >= 0.3 is 43.8 Å². The largest absolute Gasteiger partial charge is 1.00 e. The van der Waals surface area contributed by atoms with E-state index in [0.29, 0.717) is 0 Å². The van der Waals surface area contributed by atoms with Gasteiger partial charge in [0.1, 0.15) is 22.7 Å². The Kier molecular flexibility index (Phi) is 23.5. The molecule has 0 saturated carbocycles. The average molecular weight is 1510 g/mol. The summed E-state index contributed by atoms with van der Waals surface area (Å²) < 4.78 is 15.9. The van der Waals surface area contributed by atoms with E-state index in [1.807, 2.05) is 289 Å². The standard InChI is InChI=1S/4C18H16N5S.BrH.H3O4P/c4*1-13-14(2)24-18(19-13)23-20-17(15-9-5-3-6-10-15)22(21-23)16-11-7-4-8-12-16;;1-5(2,3)4/h4*3-12H,1-2H3;1H;(H3,1,2,3,4)/q4*+1;;/p-4. The fraction of sp³-hybridized carbons (Fsp3) is 0.111. The Labute approximate surface area is 613 Å². The molecule has 0 aliphatic heterocycles. The molecule has 0 aliphatic rings. The Morgan fingerprint density at radius 3 is 0.588 bits per heavy atom. The number of hydrogen-bond acceptors (Lipinski definition) is 20. The van der Waals surface area contributed by atoms with Crippen LogP contribution in [0.5, 0.6) is 0 Å². The number of para-hydroxylation sites is 4. The second-order valence-corrected chi connectivity index (χ2v) is 27.9. The van der Waals surface area contributed by atoms with Gasteiger partial charge in [0.05, 0.1) is 86.3 Å². The zero-order valence-corrected chi connectivity index (χ0v) is 61.9. The summed E-state index contributed by atoms with van der Waals surface area (Å²) in [6, 6.07) is 80.3. The van der Waals surface area contributed by atoms with Crippen LogP contribution in [0.4, 0.5) is 0 Å². The quantitative estimate of drug-likeness (QED) is 0.0856. The molecule has 16 aromatic rings. The van der Waals surface area contributed by atoms with E-state index in [9.17, 15) is 0 Å². The highest BCUT2D eigenvalue weighted by atomic mass is 79.9. The normalized spacial score (nSPS) is 10.9. The molecule has 512 valence electrons. The zero-order chi connectivity index (χ0) is 70.6. The molecule has 0 radical (unpaired) electrons. The van der Waals surface area contributed by atoms with Crippen molar-refractivity contribution in [3.8, 4) is 88.8 Å². The molecule has 102 heavy (non-hydrogen) atoms. The van der Waals surface area contributed by atoms with Crippen LogP contribution in [0.15, 0.2) is 243 Å². The fourth-order valence-corrected chi connectivity index (χ4v) is 12.9. The van der Waals surface area contributed by atoms with Gasteiger partial charge in [-0.3, -0.25) is 0 Å². The number of aryl methyl sites for hydroxylation is 8. The second-order valence-electron chi connectivity index (χ2n) is 22.3. The average Bonchev–Trinajstić information content (AvgIpc) is 1.66. The number of benzene rings is 8. The van der Waals surface area contributed by atoms with E-state index in [-0.39, 0.29) is 17.0 Å². The number of hydrogen-bond donors (Lipinski definition) is 0. The molecule has 0 aliphatic carbocycles. The maximum absolute atomic E-state index is 8.55. The molecule has 0 spiro atoms. The molecule has 16 rings (SSSR count). The Bertz CT molecular complexity index is 4460. The highest BCUT2D eigenvalue weighted by molar-refractivity contribution is 7.40. The summed E-state index contributed by atoms with van der Waals surface area (Å²) in [5.41, 5.74) is 12.0. The predicted octanol–water partition coefficient (Wildman–Crippen LogP) is 7.32. The molecule has 30 heteroatoms. The molecule has 0 bridgehead atoms. The van der Waals surface area contributed by atoms with Crippen molar-refractivity contribution in [1.29, 1.82) is 0 Å². The molecule has 24 nitrogen and oxygen atoms in total. The molecule has 0 amide bonds. The fourth-order valence-electron chi connectivity index (χ4n) is 9.65. The number of halogens is 1. The van der Waals surface area contributed by atoms with E-state index in [1.54, 1.807) is 64.5 Å². The summed E-state index contributed by atoms with van der Waals surface area (Å²) >= 11 is 6.37. The Balaban J connectivity index is 0.000000133. The molecule has 8 aromatic carbocycles. The summed E-state index contributed by atoms with van der Waals surface area (Å²) in [4.78, 5) is 55.1. The summed E-state index contributed by atoms with van der Waals surface area (Å²) in [7, 11) is -5.39. The van der Waals surface area contributed by atoms with Crippen LogP contribution in [0.25, 0.3) is 88.8 Å². The zero-order valence-electron chi connectivity index (χ0n) is 56.1. The number of nitrogens with zero attached hydrogens (tertiary/aromatic N) is 20. The minimum atomic E-state index is -5.39. The van der Waals surface area contributed by atoms with E-state index < -0.39 is 7.82 Å². The number of tetrazole rings is 4. The maximum Gasteiger partial charge on any atom is 0.335 e. The summed E-state index contributed by atoms with van der Waals surface area (Å²) in [6.45, 7) is 16.2. The van der Waals surface area contributed by atoms with E-state index in [0.717, 1.165) is 112 Å². The minimum Gasteiger partial charge on any atom is -1.00 e. The van der Waals surface area contributed by atoms with Crippen molar-refractivity contribution in [2.45, 2.75) is 55.4 Å². The van der Waals surface area contributed by atoms with Gasteiger partial charge in [0, 0.05) is 38.7 Å². The Morgan fingerprint density at radius 1 is 0.284 bits per heavy atom. The third-order valence-corrected chi connectivity index (χ3v) is 19.3. The maximum atomic E-state index is 8.55. The molecular formula is C72H64BrN20O4PS4. The van der Waals surface area contributed by atoms with E-state index in [2.05, 4.69) is 68.5 Å². The first-order valence-corrected chi connectivity index (χ1v) is 36.1. The molecular weight excluding hydrogens is 1450 g/mol. The van der Waals surface area contributed by atoms with Gasteiger partial charge in [0.15, 0.2) is 0 Å². The van der Waals surface area contributed by atoms with Crippen molar-refractivity contribution in [2.24, 2.45) is 0 Å². The van der Waals surface area contributed by atoms with Crippen molar-refractivity contribution in [1.82, 2.24) is 80.4 Å². The van der Waals surface area contributed by atoms with Gasteiger partial charge < -0.3 is 36.2 Å². The van der Waals surface area contributed by atoms with Crippen LogP contribution in [-0.2, 0) is 4.57 Å². The van der Waals surface area contributed by atoms with Gasteiger partial charge in [0.25, 0.3) is 0 Å². The summed E-state index contributed by atoms with van der Waals surface area (Å²) in [5, 5.41) is 40.5. The first-order valence-electron chi connectivity index (χ1n) is 31.4. The Hall–Kier alpha value is -10.9. The van der Waals surface area contributed by atoms with Crippen molar-refractivity contribution in [2.75, 3.05) is 0 Å².